The van der Waals surface area contributed by atoms with E-state index in [4.69, 9.17) is 16.7 Å². The van der Waals surface area contributed by atoms with Crippen LogP contribution in [-0.4, -0.2) is 55.7 Å². The molecule has 4 amide bonds. The average molecular weight is 775 g/mol. The fraction of sp³-hybridized carbons (Fsp3) is 0.293. The Hall–Kier alpha value is -5.08. The Bertz CT molecular complexity index is 2560. The third kappa shape index (κ3) is 4.99. The summed E-state index contributed by atoms with van der Waals surface area (Å²) in [6.07, 6.45) is 2.29. The fourth-order valence-electron chi connectivity index (χ4n) is 9.79. The summed E-state index contributed by atoms with van der Waals surface area (Å²) in [4.78, 5) is 61.7. The number of nitrogens with zero attached hydrogens (tertiary/aromatic N) is 4. The first kappa shape index (κ1) is 35.6. The molecular formula is C41H36BClN4O7S. The molecule has 3 aromatic carbocycles. The summed E-state index contributed by atoms with van der Waals surface area (Å²) in [5.74, 6) is -5.24. The summed E-state index contributed by atoms with van der Waals surface area (Å²) in [7, 11) is -0.0955. The van der Waals surface area contributed by atoms with Gasteiger partial charge in [0.1, 0.15) is 17.3 Å². The molecular weight excluding hydrogens is 739 g/mol. The summed E-state index contributed by atoms with van der Waals surface area (Å²) < 4.78 is 2.57. The largest absolute Gasteiger partial charge is 0.507 e. The normalized spacial score (nSPS) is 26.1. The van der Waals surface area contributed by atoms with E-state index in [1.165, 1.54) is 17.0 Å². The van der Waals surface area contributed by atoms with Crippen LogP contribution in [0.25, 0.3) is 20.7 Å². The minimum Gasteiger partial charge on any atom is -0.507 e. The van der Waals surface area contributed by atoms with Crippen molar-refractivity contribution < 1.29 is 34.3 Å². The van der Waals surface area contributed by atoms with E-state index in [9.17, 15) is 29.5 Å². The smallest absolute Gasteiger partial charge is 0.488 e. The van der Waals surface area contributed by atoms with Crippen LogP contribution < -0.4 is 15.3 Å². The van der Waals surface area contributed by atoms with Crippen LogP contribution in [0.1, 0.15) is 42.4 Å². The number of carbonyl (C=O) groups excluding carboxylic acids is 4. The lowest BCUT2D eigenvalue weighted by atomic mass is 9.51. The predicted molar refractivity (Wildman–Crippen MR) is 210 cm³/mol. The maximum Gasteiger partial charge on any atom is 0.488 e. The molecule has 9 rings (SSSR count). The van der Waals surface area contributed by atoms with E-state index in [0.717, 1.165) is 31.0 Å². The first-order chi connectivity index (χ1) is 26.2. The molecule has 3 N–H and O–H groups in total. The fourth-order valence-corrected chi connectivity index (χ4v) is 11.1. The van der Waals surface area contributed by atoms with E-state index >= 15 is 4.79 Å². The van der Waals surface area contributed by atoms with Crippen LogP contribution in [0, 0.1) is 42.9 Å². The van der Waals surface area contributed by atoms with Gasteiger partial charge < -0.3 is 15.2 Å². The van der Waals surface area contributed by atoms with E-state index < -0.39 is 65.8 Å². The summed E-state index contributed by atoms with van der Waals surface area (Å²) in [5.41, 5.74) is 2.42. The first-order valence-corrected chi connectivity index (χ1v) is 19.4. The molecule has 2 aromatic heterocycles. The topological polar surface area (TPSA) is 153 Å². The van der Waals surface area contributed by atoms with Crippen LogP contribution in [0.3, 0.4) is 0 Å². The first-order valence-electron chi connectivity index (χ1n) is 18.2. The average Bonchev–Trinajstić information content (AvgIpc) is 3.83. The maximum atomic E-state index is 15.1. The zero-order valence-corrected chi connectivity index (χ0v) is 31.9. The lowest BCUT2D eigenvalue weighted by Gasteiger charge is -2.49. The number of anilines is 2. The number of allylic oxidation sites excluding steroid dienone is 2. The van der Waals surface area contributed by atoms with Gasteiger partial charge in [0.25, 0.3) is 0 Å². The number of thiophene rings is 1. The third-order valence-corrected chi connectivity index (χ3v) is 14.0. The van der Waals surface area contributed by atoms with Gasteiger partial charge in [0.05, 0.1) is 33.7 Å². The number of carbonyl (C=O) groups is 4. The van der Waals surface area contributed by atoms with Crippen LogP contribution in [0.5, 0.6) is 5.75 Å². The van der Waals surface area contributed by atoms with Crippen LogP contribution >= 0.6 is 22.9 Å². The lowest BCUT2D eigenvalue weighted by Crippen LogP contribution is -2.49. The van der Waals surface area contributed by atoms with Crippen molar-refractivity contribution in [2.24, 2.45) is 36.1 Å². The van der Waals surface area contributed by atoms with Crippen molar-refractivity contribution >= 4 is 80.7 Å². The molecule has 0 bridgehead atoms. The lowest BCUT2D eigenvalue weighted by molar-refractivity contribution is -0.131. The van der Waals surface area contributed by atoms with E-state index in [1.807, 2.05) is 31.2 Å². The Kier molecular flexibility index (Phi) is 8.08. The number of halogens is 1. The molecule has 5 aromatic rings. The molecule has 3 fully saturated rings. The highest BCUT2D eigenvalue weighted by atomic mass is 35.5. The monoisotopic (exact) mass is 774 g/mol. The summed E-state index contributed by atoms with van der Waals surface area (Å²) in [5, 5.41) is 37.6. The number of fused-ring (bicyclic) bond motifs is 5. The van der Waals surface area contributed by atoms with Crippen molar-refractivity contribution in [1.82, 2.24) is 9.78 Å². The van der Waals surface area contributed by atoms with E-state index in [2.05, 4.69) is 0 Å². The second kappa shape index (κ2) is 12.5. The van der Waals surface area contributed by atoms with Gasteiger partial charge in [-0.2, -0.15) is 5.10 Å². The van der Waals surface area contributed by atoms with Gasteiger partial charge in [-0.3, -0.25) is 28.8 Å². The van der Waals surface area contributed by atoms with Gasteiger partial charge >= 0.3 is 7.12 Å². The number of phenols is 1. The molecule has 1 saturated carbocycles. The van der Waals surface area contributed by atoms with Gasteiger partial charge in [-0.1, -0.05) is 53.6 Å². The number of phenolic OH excluding ortho intramolecular Hbond substituents is 1. The Balaban J connectivity index is 1.15. The molecule has 2 aliphatic carbocycles. The van der Waals surface area contributed by atoms with Crippen LogP contribution in [0.2, 0.25) is 5.02 Å². The third-order valence-electron chi connectivity index (χ3n) is 12.5. The zero-order valence-electron chi connectivity index (χ0n) is 30.4. The second-order valence-corrected chi connectivity index (χ2v) is 16.9. The molecule has 6 atom stereocenters. The van der Waals surface area contributed by atoms with E-state index in [-0.39, 0.29) is 29.7 Å². The van der Waals surface area contributed by atoms with E-state index in [1.54, 1.807) is 73.3 Å². The van der Waals surface area contributed by atoms with Gasteiger partial charge in [0.2, 0.25) is 23.6 Å². The number of aromatic nitrogens is 2. The number of hydrogen-bond donors (Lipinski definition) is 3. The van der Waals surface area contributed by atoms with Crippen molar-refractivity contribution in [3.05, 3.63) is 100 Å². The highest BCUT2D eigenvalue weighted by molar-refractivity contribution is 7.22. The molecule has 4 aliphatic rings. The molecule has 0 spiro atoms. The van der Waals surface area contributed by atoms with Gasteiger partial charge in [0.15, 0.2) is 0 Å². The van der Waals surface area contributed by atoms with Crippen molar-refractivity contribution in [3.63, 3.8) is 0 Å². The van der Waals surface area contributed by atoms with Crippen molar-refractivity contribution in [2.45, 2.75) is 39.5 Å². The second-order valence-electron chi connectivity index (χ2n) is 15.4. The quantitative estimate of drug-likeness (QED) is 0.122. The van der Waals surface area contributed by atoms with Gasteiger partial charge in [0, 0.05) is 34.3 Å². The Labute approximate surface area is 325 Å². The molecule has 278 valence electrons. The van der Waals surface area contributed by atoms with Crippen LogP contribution in [0.15, 0.2) is 78.4 Å². The molecule has 2 saturated heterocycles. The number of aromatic hydroxyl groups is 1. The van der Waals surface area contributed by atoms with Gasteiger partial charge in [-0.25, -0.2) is 4.90 Å². The Morgan fingerprint density at radius 1 is 0.927 bits per heavy atom. The van der Waals surface area contributed by atoms with Gasteiger partial charge in [-0.05, 0) is 91.8 Å². The number of hydrogen-bond acceptors (Lipinski definition) is 9. The zero-order chi connectivity index (χ0) is 38.8. The highest BCUT2D eigenvalue weighted by Crippen LogP contribution is 2.64. The summed E-state index contributed by atoms with van der Waals surface area (Å²) in [6, 6.07) is 18.8. The number of para-hydroxylation sites is 1. The van der Waals surface area contributed by atoms with Crippen LogP contribution in [-0.2, 0) is 26.2 Å². The molecule has 55 heavy (non-hydrogen) atoms. The molecule has 2 aliphatic heterocycles. The van der Waals surface area contributed by atoms with Crippen LogP contribution in [0.4, 0.5) is 11.5 Å². The van der Waals surface area contributed by atoms with Gasteiger partial charge in [-0.15, -0.1) is 11.3 Å². The Morgan fingerprint density at radius 2 is 1.69 bits per heavy atom. The molecule has 0 radical (unpaired) electrons. The minimum atomic E-state index is -1.79. The minimum absolute atomic E-state index is 0.00725. The SMILES string of the molecule is Cc1cccc([C@H]2C3=CC[C@@H]4C(=O)N(c5cccc(B(O)O)c5)C(=O)[C@@H]4[C@@H]3C[C@H]3C(=O)N(c4cc(-c5sc6ccc(Cl)cc6c5C)nn4C)C(=O)[C@@]23C)c1O. The number of imide groups is 2. The Morgan fingerprint density at radius 3 is 2.45 bits per heavy atom. The highest BCUT2D eigenvalue weighted by Gasteiger charge is 2.68. The standard InChI is InChI=1S/C41H36BClN4O7S/c1-19-7-5-10-26(35(19)48)34-24-12-13-25-33(39(51)46(37(25)49)23-9-6-8-21(15-23)42(53)54)28(24)17-29-38(50)47(40(52)41(29,34)3)32-18-30(44-45(32)4)36-20(2)27-16-22(43)11-14-31(27)55-36/h5-12,14-16,18,25,28-29,33-34,48,53-54H,13,17H2,1-4H3/t25-,28+,29-,33-,34+,41+/m0/s1. The molecule has 4 heterocycles. The van der Waals surface area contributed by atoms with Crippen molar-refractivity contribution in [1.29, 1.82) is 0 Å². The number of rotatable bonds is 5. The number of amides is 4. The number of benzene rings is 3. The number of aryl methyl sites for hydroxylation is 3. The summed E-state index contributed by atoms with van der Waals surface area (Å²) >= 11 is 7.86. The molecule has 0 unspecified atom stereocenters. The predicted octanol–water partition coefficient (Wildman–Crippen LogP) is 5.39. The maximum absolute atomic E-state index is 15.1. The summed E-state index contributed by atoms with van der Waals surface area (Å²) in [6.45, 7) is 5.54. The molecule has 11 nitrogen and oxygen atoms in total. The van der Waals surface area contributed by atoms with E-state index in [0.29, 0.717) is 27.7 Å². The van der Waals surface area contributed by atoms with Crippen molar-refractivity contribution in [3.8, 4) is 16.3 Å². The molecule has 14 heteroatoms. The van der Waals surface area contributed by atoms with Crippen molar-refractivity contribution in [2.75, 3.05) is 9.80 Å².